The number of hydrogen-bond donors (Lipinski definition) is 2. The summed E-state index contributed by atoms with van der Waals surface area (Å²) in [5, 5.41) is 6.25. The maximum atomic E-state index is 11.7. The number of halogens is 1. The molecular weight excluding hydrogens is 236 g/mol. The van der Waals surface area contributed by atoms with Gasteiger partial charge in [-0.05, 0) is 31.2 Å². The number of carbonyl (C=O) groups is 1. The summed E-state index contributed by atoms with van der Waals surface area (Å²) >= 11 is 0. The smallest absolute Gasteiger partial charge is 0.224 e. The third-order valence-corrected chi connectivity index (χ3v) is 3.08. The van der Waals surface area contributed by atoms with Gasteiger partial charge in [-0.15, -0.1) is 12.4 Å². The summed E-state index contributed by atoms with van der Waals surface area (Å²) < 4.78 is 0. The summed E-state index contributed by atoms with van der Waals surface area (Å²) in [6.45, 7) is 9.46. The Morgan fingerprint density at radius 1 is 1.35 bits per heavy atom. The standard InChI is InChI=1S/C13H26N2O.ClH/c1-13(2,3)7-4-5-8-15-12(16)11-6-9-14-10-11;/h11,14H,4-10H2,1-3H3,(H,15,16);1H. The fourth-order valence-electron chi connectivity index (χ4n) is 2.01. The van der Waals surface area contributed by atoms with Gasteiger partial charge in [0.1, 0.15) is 0 Å². The first-order valence-corrected chi connectivity index (χ1v) is 6.47. The van der Waals surface area contributed by atoms with Crippen LogP contribution in [0.25, 0.3) is 0 Å². The Hall–Kier alpha value is -0.280. The second kappa shape index (κ2) is 7.93. The third kappa shape index (κ3) is 7.61. The average molecular weight is 263 g/mol. The first-order chi connectivity index (χ1) is 7.49. The Morgan fingerprint density at radius 2 is 2.06 bits per heavy atom. The van der Waals surface area contributed by atoms with Crippen molar-refractivity contribution < 1.29 is 4.79 Å². The normalized spacial score (nSPS) is 19.8. The lowest BCUT2D eigenvalue weighted by atomic mass is 9.90. The fourth-order valence-corrected chi connectivity index (χ4v) is 2.01. The zero-order valence-corrected chi connectivity index (χ0v) is 12.2. The van der Waals surface area contributed by atoms with Crippen molar-refractivity contribution in [2.75, 3.05) is 19.6 Å². The second-order valence-corrected chi connectivity index (χ2v) is 6.00. The Bertz CT molecular complexity index is 220. The van der Waals surface area contributed by atoms with Crippen LogP contribution in [0.15, 0.2) is 0 Å². The molecule has 0 aromatic carbocycles. The lowest BCUT2D eigenvalue weighted by Crippen LogP contribution is -2.32. The molecular formula is C13H27ClN2O. The molecule has 102 valence electrons. The van der Waals surface area contributed by atoms with E-state index in [1.165, 1.54) is 12.8 Å². The molecule has 1 amide bonds. The van der Waals surface area contributed by atoms with Gasteiger partial charge in [-0.3, -0.25) is 4.79 Å². The molecule has 0 saturated carbocycles. The Kier molecular flexibility index (Phi) is 7.80. The lowest BCUT2D eigenvalue weighted by molar-refractivity contribution is -0.124. The minimum absolute atomic E-state index is 0. The van der Waals surface area contributed by atoms with Gasteiger partial charge in [0.2, 0.25) is 5.91 Å². The van der Waals surface area contributed by atoms with E-state index < -0.39 is 0 Å². The van der Waals surface area contributed by atoms with E-state index in [9.17, 15) is 4.79 Å². The summed E-state index contributed by atoms with van der Waals surface area (Å²) in [4.78, 5) is 11.7. The van der Waals surface area contributed by atoms with Gasteiger partial charge in [0, 0.05) is 13.1 Å². The maximum Gasteiger partial charge on any atom is 0.224 e. The first kappa shape index (κ1) is 16.7. The number of hydrogen-bond acceptors (Lipinski definition) is 2. The van der Waals surface area contributed by atoms with Crippen molar-refractivity contribution in [3.63, 3.8) is 0 Å². The topological polar surface area (TPSA) is 41.1 Å². The number of nitrogens with one attached hydrogen (secondary N) is 2. The van der Waals surface area contributed by atoms with E-state index in [2.05, 4.69) is 31.4 Å². The quantitative estimate of drug-likeness (QED) is 0.747. The van der Waals surface area contributed by atoms with Crippen LogP contribution in [0.4, 0.5) is 0 Å². The minimum atomic E-state index is 0. The molecule has 3 nitrogen and oxygen atoms in total. The van der Waals surface area contributed by atoms with Gasteiger partial charge in [-0.2, -0.15) is 0 Å². The summed E-state index contributed by atoms with van der Waals surface area (Å²) in [6.07, 6.45) is 4.53. The third-order valence-electron chi connectivity index (χ3n) is 3.08. The van der Waals surface area contributed by atoms with Crippen molar-refractivity contribution in [1.82, 2.24) is 10.6 Å². The summed E-state index contributed by atoms with van der Waals surface area (Å²) in [7, 11) is 0. The van der Waals surface area contributed by atoms with E-state index in [1.807, 2.05) is 0 Å². The fraction of sp³-hybridized carbons (Fsp3) is 0.923. The highest BCUT2D eigenvalue weighted by molar-refractivity contribution is 5.85. The van der Waals surface area contributed by atoms with Crippen LogP contribution < -0.4 is 10.6 Å². The lowest BCUT2D eigenvalue weighted by Gasteiger charge is -2.17. The molecule has 1 atom stereocenters. The Labute approximate surface area is 112 Å². The van der Waals surface area contributed by atoms with E-state index in [4.69, 9.17) is 0 Å². The van der Waals surface area contributed by atoms with Crippen molar-refractivity contribution in [2.24, 2.45) is 11.3 Å². The van der Waals surface area contributed by atoms with Crippen molar-refractivity contribution in [2.45, 2.75) is 46.5 Å². The summed E-state index contributed by atoms with van der Waals surface area (Å²) in [5.41, 5.74) is 0.416. The second-order valence-electron chi connectivity index (χ2n) is 6.00. The van der Waals surface area contributed by atoms with Gasteiger partial charge in [0.05, 0.1) is 5.92 Å². The van der Waals surface area contributed by atoms with Gasteiger partial charge in [-0.1, -0.05) is 27.2 Å². The van der Waals surface area contributed by atoms with E-state index in [-0.39, 0.29) is 24.2 Å². The molecule has 1 unspecified atom stereocenters. The Morgan fingerprint density at radius 3 is 2.59 bits per heavy atom. The molecule has 0 aromatic rings. The van der Waals surface area contributed by atoms with Gasteiger partial charge < -0.3 is 10.6 Å². The molecule has 17 heavy (non-hydrogen) atoms. The molecule has 1 aliphatic rings. The largest absolute Gasteiger partial charge is 0.356 e. The predicted molar refractivity (Wildman–Crippen MR) is 74.5 cm³/mol. The SMILES string of the molecule is CC(C)(C)CCCCNC(=O)C1CCNC1.Cl. The summed E-state index contributed by atoms with van der Waals surface area (Å²) in [5.74, 6) is 0.448. The van der Waals surface area contributed by atoms with Crippen molar-refractivity contribution in [1.29, 1.82) is 0 Å². The number of amides is 1. The van der Waals surface area contributed by atoms with E-state index in [0.717, 1.165) is 32.5 Å². The van der Waals surface area contributed by atoms with Crippen LogP contribution >= 0.6 is 12.4 Å². The Balaban J connectivity index is 0.00000256. The zero-order chi connectivity index (χ0) is 12.0. The minimum Gasteiger partial charge on any atom is -0.356 e. The molecule has 0 spiro atoms. The highest BCUT2D eigenvalue weighted by Crippen LogP contribution is 2.21. The molecule has 1 heterocycles. The number of unbranched alkanes of at least 4 members (excludes halogenated alkanes) is 1. The molecule has 4 heteroatoms. The highest BCUT2D eigenvalue weighted by atomic mass is 35.5. The van der Waals surface area contributed by atoms with Crippen molar-refractivity contribution in [3.05, 3.63) is 0 Å². The molecule has 0 bridgehead atoms. The van der Waals surface area contributed by atoms with Gasteiger partial charge in [-0.25, -0.2) is 0 Å². The molecule has 0 aliphatic carbocycles. The number of carbonyl (C=O) groups excluding carboxylic acids is 1. The molecule has 0 aromatic heterocycles. The highest BCUT2D eigenvalue weighted by Gasteiger charge is 2.21. The van der Waals surface area contributed by atoms with Gasteiger partial charge >= 0.3 is 0 Å². The monoisotopic (exact) mass is 262 g/mol. The van der Waals surface area contributed by atoms with Gasteiger partial charge in [0.15, 0.2) is 0 Å². The van der Waals surface area contributed by atoms with Crippen LogP contribution in [-0.4, -0.2) is 25.5 Å². The van der Waals surface area contributed by atoms with E-state index in [0.29, 0.717) is 5.41 Å². The molecule has 1 rings (SSSR count). The summed E-state index contributed by atoms with van der Waals surface area (Å²) in [6, 6.07) is 0. The van der Waals surface area contributed by atoms with Crippen LogP contribution in [0.3, 0.4) is 0 Å². The molecule has 1 aliphatic heterocycles. The molecule has 2 N–H and O–H groups in total. The maximum absolute atomic E-state index is 11.7. The van der Waals surface area contributed by atoms with Crippen LogP contribution in [0, 0.1) is 11.3 Å². The van der Waals surface area contributed by atoms with Crippen LogP contribution in [0.1, 0.15) is 46.5 Å². The molecule has 1 fully saturated rings. The van der Waals surface area contributed by atoms with Crippen molar-refractivity contribution in [3.8, 4) is 0 Å². The van der Waals surface area contributed by atoms with E-state index >= 15 is 0 Å². The predicted octanol–water partition coefficient (Wildman–Crippen LogP) is 2.35. The van der Waals surface area contributed by atoms with E-state index in [1.54, 1.807) is 0 Å². The van der Waals surface area contributed by atoms with Crippen LogP contribution in [0.2, 0.25) is 0 Å². The van der Waals surface area contributed by atoms with Crippen LogP contribution in [0.5, 0.6) is 0 Å². The van der Waals surface area contributed by atoms with Gasteiger partial charge in [0.25, 0.3) is 0 Å². The molecule has 0 radical (unpaired) electrons. The van der Waals surface area contributed by atoms with Crippen molar-refractivity contribution >= 4 is 18.3 Å². The molecule has 1 saturated heterocycles. The van der Waals surface area contributed by atoms with Crippen LogP contribution in [-0.2, 0) is 4.79 Å². The number of rotatable bonds is 5. The first-order valence-electron chi connectivity index (χ1n) is 6.47. The average Bonchev–Trinajstić information content (AvgIpc) is 2.67. The zero-order valence-electron chi connectivity index (χ0n) is 11.3.